The van der Waals surface area contributed by atoms with Crippen molar-refractivity contribution in [1.82, 2.24) is 14.1 Å². The SMILES string of the molecule is CCN1CCN(C(=O)CCN(C(C)c2ccccc2)S(C)(=O)=O)CC1. The molecule has 1 amide bonds. The van der Waals surface area contributed by atoms with Crippen LogP contribution in [0, 0.1) is 0 Å². The molecule has 1 aromatic carbocycles. The fourth-order valence-corrected chi connectivity index (χ4v) is 4.34. The first kappa shape index (κ1) is 19.9. The molecule has 1 aliphatic heterocycles. The van der Waals surface area contributed by atoms with Gasteiger partial charge in [0.25, 0.3) is 0 Å². The van der Waals surface area contributed by atoms with Crippen LogP contribution in [0.1, 0.15) is 31.9 Å². The van der Waals surface area contributed by atoms with Crippen LogP contribution in [0.25, 0.3) is 0 Å². The molecule has 1 heterocycles. The molecule has 0 spiro atoms. The Bertz CT molecular complexity index is 655. The Morgan fingerprint density at radius 1 is 1.16 bits per heavy atom. The van der Waals surface area contributed by atoms with Crippen LogP contribution in [-0.4, -0.2) is 74.0 Å². The number of hydrogen-bond donors (Lipinski definition) is 0. The lowest BCUT2D eigenvalue weighted by atomic mass is 10.1. The number of amides is 1. The first-order chi connectivity index (χ1) is 11.8. The summed E-state index contributed by atoms with van der Waals surface area (Å²) in [5, 5.41) is 0. The van der Waals surface area contributed by atoms with Gasteiger partial charge in [-0.1, -0.05) is 37.3 Å². The Kier molecular flexibility index (Phi) is 6.98. The molecular weight excluding hydrogens is 338 g/mol. The second kappa shape index (κ2) is 8.78. The third-order valence-corrected chi connectivity index (χ3v) is 6.21. The molecule has 1 aromatic rings. The minimum absolute atomic E-state index is 0.0321. The van der Waals surface area contributed by atoms with Gasteiger partial charge in [-0.2, -0.15) is 4.31 Å². The van der Waals surface area contributed by atoms with E-state index in [2.05, 4.69) is 11.8 Å². The van der Waals surface area contributed by atoms with E-state index in [4.69, 9.17) is 0 Å². The summed E-state index contributed by atoms with van der Waals surface area (Å²) in [6.07, 6.45) is 1.42. The summed E-state index contributed by atoms with van der Waals surface area (Å²) in [4.78, 5) is 16.6. The molecular formula is C18H29N3O3S. The van der Waals surface area contributed by atoms with Crippen LogP contribution in [-0.2, 0) is 14.8 Å². The standard InChI is InChI=1S/C18H29N3O3S/c1-4-19-12-14-20(15-13-19)18(22)10-11-21(25(3,23)24)16(2)17-8-6-5-7-9-17/h5-9,16H,4,10-15H2,1-3H3. The Hall–Kier alpha value is -1.44. The molecule has 0 bridgehead atoms. The smallest absolute Gasteiger partial charge is 0.223 e. The van der Waals surface area contributed by atoms with Gasteiger partial charge in [-0.25, -0.2) is 8.42 Å². The maximum atomic E-state index is 12.5. The molecule has 1 aliphatic rings. The van der Waals surface area contributed by atoms with Crippen molar-refractivity contribution < 1.29 is 13.2 Å². The highest BCUT2D eigenvalue weighted by Gasteiger charge is 2.27. The molecule has 0 aliphatic carbocycles. The van der Waals surface area contributed by atoms with Gasteiger partial charge in [-0.05, 0) is 19.0 Å². The zero-order chi connectivity index (χ0) is 18.4. The molecule has 1 unspecified atom stereocenters. The average molecular weight is 368 g/mol. The van der Waals surface area contributed by atoms with Crippen molar-refractivity contribution in [1.29, 1.82) is 0 Å². The van der Waals surface area contributed by atoms with Crippen LogP contribution >= 0.6 is 0 Å². The van der Waals surface area contributed by atoms with Crippen LogP contribution in [0.15, 0.2) is 30.3 Å². The first-order valence-corrected chi connectivity index (χ1v) is 10.7. The predicted molar refractivity (Wildman–Crippen MR) is 99.7 cm³/mol. The molecule has 25 heavy (non-hydrogen) atoms. The Labute approximate surface area is 151 Å². The largest absolute Gasteiger partial charge is 0.340 e. The monoisotopic (exact) mass is 367 g/mol. The van der Waals surface area contributed by atoms with Gasteiger partial charge in [-0.15, -0.1) is 0 Å². The Morgan fingerprint density at radius 2 is 1.76 bits per heavy atom. The Morgan fingerprint density at radius 3 is 2.28 bits per heavy atom. The van der Waals surface area contributed by atoms with E-state index in [1.807, 2.05) is 42.2 Å². The summed E-state index contributed by atoms with van der Waals surface area (Å²) in [7, 11) is -3.40. The zero-order valence-electron chi connectivity index (χ0n) is 15.4. The molecule has 6 nitrogen and oxygen atoms in total. The number of piperazine rings is 1. The summed E-state index contributed by atoms with van der Waals surface area (Å²) < 4.78 is 25.8. The molecule has 0 aromatic heterocycles. The second-order valence-electron chi connectivity index (χ2n) is 6.53. The summed E-state index contributed by atoms with van der Waals surface area (Å²) in [6, 6.07) is 9.22. The molecule has 0 radical (unpaired) electrons. The zero-order valence-corrected chi connectivity index (χ0v) is 16.2. The van der Waals surface area contributed by atoms with Crippen molar-refractivity contribution in [2.24, 2.45) is 0 Å². The number of likely N-dealkylation sites (N-methyl/N-ethyl adjacent to an activating group) is 1. The summed E-state index contributed by atoms with van der Waals surface area (Å²) in [5.74, 6) is 0.0321. The quantitative estimate of drug-likeness (QED) is 0.734. The summed E-state index contributed by atoms with van der Waals surface area (Å²) in [5.41, 5.74) is 0.928. The van der Waals surface area contributed by atoms with E-state index in [1.54, 1.807) is 0 Å². The number of nitrogens with zero attached hydrogens (tertiary/aromatic N) is 3. The van der Waals surface area contributed by atoms with Gasteiger partial charge in [0.1, 0.15) is 0 Å². The van der Waals surface area contributed by atoms with E-state index >= 15 is 0 Å². The number of rotatable bonds is 7. The molecule has 0 N–H and O–H groups in total. The van der Waals surface area contributed by atoms with E-state index in [9.17, 15) is 13.2 Å². The number of carbonyl (C=O) groups is 1. The lowest BCUT2D eigenvalue weighted by Crippen LogP contribution is -2.49. The van der Waals surface area contributed by atoms with Gasteiger partial charge in [0.05, 0.1) is 6.26 Å². The van der Waals surface area contributed by atoms with E-state index in [0.29, 0.717) is 0 Å². The predicted octanol–water partition coefficient (Wildman–Crippen LogP) is 1.56. The molecule has 0 saturated carbocycles. The minimum atomic E-state index is -3.40. The first-order valence-electron chi connectivity index (χ1n) is 8.84. The highest BCUT2D eigenvalue weighted by Crippen LogP contribution is 2.23. The number of sulfonamides is 1. The topological polar surface area (TPSA) is 60.9 Å². The molecule has 2 rings (SSSR count). The Balaban J connectivity index is 1.98. The molecule has 7 heteroatoms. The molecule has 140 valence electrons. The summed E-state index contributed by atoms with van der Waals surface area (Å²) >= 11 is 0. The van der Waals surface area contributed by atoms with Crippen molar-refractivity contribution in [3.8, 4) is 0 Å². The normalized spacial score (nSPS) is 17.7. The van der Waals surface area contributed by atoms with Crippen molar-refractivity contribution in [2.75, 3.05) is 45.5 Å². The minimum Gasteiger partial charge on any atom is -0.340 e. The van der Waals surface area contributed by atoms with Crippen LogP contribution in [0.4, 0.5) is 0 Å². The fourth-order valence-electron chi connectivity index (χ4n) is 3.22. The van der Waals surface area contributed by atoms with Gasteiger partial charge in [0.2, 0.25) is 15.9 Å². The van der Waals surface area contributed by atoms with Gasteiger partial charge < -0.3 is 9.80 Å². The van der Waals surface area contributed by atoms with Crippen molar-refractivity contribution in [2.45, 2.75) is 26.3 Å². The van der Waals surface area contributed by atoms with Gasteiger partial charge >= 0.3 is 0 Å². The average Bonchev–Trinajstić information content (AvgIpc) is 2.61. The van der Waals surface area contributed by atoms with Crippen LogP contribution < -0.4 is 0 Å². The maximum absolute atomic E-state index is 12.5. The van der Waals surface area contributed by atoms with Gasteiger partial charge in [-0.3, -0.25) is 4.79 Å². The van der Waals surface area contributed by atoms with Crippen molar-refractivity contribution >= 4 is 15.9 Å². The lowest BCUT2D eigenvalue weighted by Gasteiger charge is -2.34. The molecule has 1 saturated heterocycles. The van der Waals surface area contributed by atoms with E-state index < -0.39 is 10.0 Å². The number of hydrogen-bond acceptors (Lipinski definition) is 4. The van der Waals surface area contributed by atoms with E-state index in [0.717, 1.165) is 38.3 Å². The molecule has 1 atom stereocenters. The van der Waals surface area contributed by atoms with Crippen LogP contribution in [0.2, 0.25) is 0 Å². The third-order valence-electron chi connectivity index (χ3n) is 4.86. The summed E-state index contributed by atoms with van der Waals surface area (Å²) in [6.45, 7) is 8.41. The van der Waals surface area contributed by atoms with E-state index in [1.165, 1.54) is 10.6 Å². The highest BCUT2D eigenvalue weighted by molar-refractivity contribution is 7.88. The number of carbonyl (C=O) groups excluding carboxylic acids is 1. The highest BCUT2D eigenvalue weighted by atomic mass is 32.2. The lowest BCUT2D eigenvalue weighted by molar-refractivity contribution is -0.133. The van der Waals surface area contributed by atoms with Crippen molar-refractivity contribution in [3.05, 3.63) is 35.9 Å². The molecule has 1 fully saturated rings. The third kappa shape index (κ3) is 5.52. The van der Waals surface area contributed by atoms with Crippen LogP contribution in [0.3, 0.4) is 0 Å². The van der Waals surface area contributed by atoms with Gasteiger partial charge in [0, 0.05) is 45.2 Å². The van der Waals surface area contributed by atoms with Crippen LogP contribution in [0.5, 0.6) is 0 Å². The number of benzene rings is 1. The van der Waals surface area contributed by atoms with Gasteiger partial charge in [0.15, 0.2) is 0 Å². The maximum Gasteiger partial charge on any atom is 0.223 e. The second-order valence-corrected chi connectivity index (χ2v) is 8.46. The van der Waals surface area contributed by atoms with E-state index in [-0.39, 0.29) is 24.9 Å². The fraction of sp³-hybridized carbons (Fsp3) is 0.611. The van der Waals surface area contributed by atoms with Crippen molar-refractivity contribution in [3.63, 3.8) is 0 Å².